The van der Waals surface area contributed by atoms with E-state index in [-0.39, 0.29) is 12.1 Å². The lowest BCUT2D eigenvalue weighted by molar-refractivity contribution is -0.137. The van der Waals surface area contributed by atoms with Gasteiger partial charge in [-0.3, -0.25) is 13.9 Å². The minimum absolute atomic E-state index is 0.216. The second-order valence-corrected chi connectivity index (χ2v) is 8.85. The molecule has 5 rings (SSSR count). The molecule has 7 nitrogen and oxygen atoms in total. The van der Waals surface area contributed by atoms with Gasteiger partial charge in [0.15, 0.2) is 5.65 Å². The van der Waals surface area contributed by atoms with E-state index in [4.69, 9.17) is 0 Å². The van der Waals surface area contributed by atoms with Gasteiger partial charge in [0.25, 0.3) is 0 Å². The molecule has 0 amide bonds. The topological polar surface area (TPSA) is 82.1 Å². The molecule has 0 spiro atoms. The van der Waals surface area contributed by atoms with E-state index in [1.54, 1.807) is 16.8 Å². The normalized spacial score (nSPS) is 12.4. The average molecular weight is 455 g/mol. The van der Waals surface area contributed by atoms with Crippen molar-refractivity contribution in [2.75, 3.05) is 0 Å². The fourth-order valence-corrected chi connectivity index (χ4v) is 5.04. The highest BCUT2D eigenvalue weighted by Gasteiger charge is 2.25. The van der Waals surface area contributed by atoms with Crippen LogP contribution in [0.5, 0.6) is 0 Å². The predicted octanol–water partition coefficient (Wildman–Crippen LogP) is 4.42. The maximum Gasteiger partial charge on any atom is 0.331 e. The highest BCUT2D eigenvalue weighted by atomic mass is 16.4. The molecule has 5 aromatic rings. The molecule has 1 N–H and O–H groups in total. The molecule has 7 heteroatoms. The molecule has 0 aliphatic carbocycles. The lowest BCUT2D eigenvalue weighted by atomic mass is 10.0. The first-order valence-electron chi connectivity index (χ1n) is 11.2. The number of aryl methyl sites for hydroxylation is 3. The van der Waals surface area contributed by atoms with Gasteiger partial charge in [0, 0.05) is 30.3 Å². The van der Waals surface area contributed by atoms with Gasteiger partial charge < -0.3 is 9.67 Å². The molecular formula is C27H26N4O3. The van der Waals surface area contributed by atoms with Crippen molar-refractivity contribution in [3.8, 4) is 0 Å². The van der Waals surface area contributed by atoms with Crippen LogP contribution in [0.25, 0.3) is 22.1 Å². The molecule has 0 fully saturated rings. The molecular weight excluding hydrogens is 428 g/mol. The number of aliphatic carboxylic acids is 1. The molecule has 0 radical (unpaired) electrons. The molecule has 1 atom stereocenters. The van der Waals surface area contributed by atoms with E-state index in [2.05, 4.69) is 41.7 Å². The molecule has 3 heterocycles. The van der Waals surface area contributed by atoms with Gasteiger partial charge in [-0.25, -0.2) is 9.78 Å². The van der Waals surface area contributed by atoms with Crippen LogP contribution in [-0.4, -0.2) is 29.8 Å². The van der Waals surface area contributed by atoms with Crippen molar-refractivity contribution in [3.63, 3.8) is 0 Å². The monoisotopic (exact) mass is 454 g/mol. The summed E-state index contributed by atoms with van der Waals surface area (Å²) in [6.07, 6.45) is 3.48. The van der Waals surface area contributed by atoms with Gasteiger partial charge >= 0.3 is 11.7 Å². The molecule has 0 saturated heterocycles. The zero-order valence-corrected chi connectivity index (χ0v) is 19.4. The Morgan fingerprint density at radius 2 is 1.82 bits per heavy atom. The van der Waals surface area contributed by atoms with Crippen LogP contribution in [0, 0.1) is 13.8 Å². The van der Waals surface area contributed by atoms with Crippen LogP contribution in [0.3, 0.4) is 0 Å². The van der Waals surface area contributed by atoms with Crippen molar-refractivity contribution in [3.05, 3.63) is 99.7 Å². The van der Waals surface area contributed by atoms with Gasteiger partial charge in [-0.05, 0) is 54.3 Å². The fourth-order valence-electron chi connectivity index (χ4n) is 5.04. The Kier molecular flexibility index (Phi) is 5.32. The lowest BCUT2D eigenvalue weighted by Crippen LogP contribution is -2.29. The molecule has 3 aromatic heterocycles. The molecule has 172 valence electrons. The van der Waals surface area contributed by atoms with E-state index in [9.17, 15) is 14.7 Å². The second kappa shape index (κ2) is 8.33. The zero-order chi connectivity index (χ0) is 24.0. The van der Waals surface area contributed by atoms with E-state index in [0.29, 0.717) is 17.7 Å². The maximum absolute atomic E-state index is 13.9. The summed E-state index contributed by atoms with van der Waals surface area (Å²) in [4.78, 5) is 30.1. The number of imidazole rings is 1. The highest BCUT2D eigenvalue weighted by molar-refractivity contribution is 5.88. The molecule has 34 heavy (non-hydrogen) atoms. The van der Waals surface area contributed by atoms with Crippen LogP contribution in [0.4, 0.5) is 0 Å². The SMILES string of the molecule is Cc1cc(C)c2c(Cn3c(=O)n(C(CC(=O)O)c4ccccc4)c4ncccc43)cn(C)c2c1. The quantitative estimate of drug-likeness (QED) is 0.412. The summed E-state index contributed by atoms with van der Waals surface area (Å²) in [7, 11) is 2.01. The summed E-state index contributed by atoms with van der Waals surface area (Å²) in [6, 6.07) is 16.6. The Hall–Kier alpha value is -4.13. The van der Waals surface area contributed by atoms with Gasteiger partial charge in [-0.2, -0.15) is 0 Å². The number of aromatic nitrogens is 4. The third kappa shape index (κ3) is 3.59. The van der Waals surface area contributed by atoms with E-state index < -0.39 is 12.0 Å². The first-order valence-corrected chi connectivity index (χ1v) is 11.2. The number of carbonyl (C=O) groups is 1. The third-order valence-electron chi connectivity index (χ3n) is 6.42. The van der Waals surface area contributed by atoms with Crippen LogP contribution < -0.4 is 5.69 Å². The number of fused-ring (bicyclic) bond motifs is 2. The van der Waals surface area contributed by atoms with Crippen LogP contribution in [-0.2, 0) is 18.4 Å². The maximum atomic E-state index is 13.9. The Labute approximate surface area is 196 Å². The second-order valence-electron chi connectivity index (χ2n) is 8.85. The Balaban J connectivity index is 1.72. The highest BCUT2D eigenvalue weighted by Crippen LogP contribution is 2.29. The summed E-state index contributed by atoms with van der Waals surface area (Å²) in [6.45, 7) is 4.53. The Bertz CT molecular complexity index is 1590. The number of carboxylic acid groups (broad SMARTS) is 1. The lowest BCUT2D eigenvalue weighted by Gasteiger charge is -2.17. The van der Waals surface area contributed by atoms with Crippen molar-refractivity contribution in [1.29, 1.82) is 0 Å². The molecule has 0 aliphatic heterocycles. The summed E-state index contributed by atoms with van der Waals surface area (Å²) in [5, 5.41) is 10.8. The van der Waals surface area contributed by atoms with Gasteiger partial charge in [-0.1, -0.05) is 36.4 Å². The summed E-state index contributed by atoms with van der Waals surface area (Å²) >= 11 is 0. The van der Waals surface area contributed by atoms with Crippen molar-refractivity contribution in [2.45, 2.75) is 32.9 Å². The van der Waals surface area contributed by atoms with E-state index >= 15 is 0 Å². The van der Waals surface area contributed by atoms with E-state index in [1.807, 2.05) is 43.4 Å². The molecule has 0 aliphatic rings. The predicted molar refractivity (Wildman–Crippen MR) is 132 cm³/mol. The van der Waals surface area contributed by atoms with Crippen LogP contribution >= 0.6 is 0 Å². The number of rotatable bonds is 6. The smallest absolute Gasteiger partial charge is 0.331 e. The standard InChI is InChI=1S/C27H26N4O3/c1-17-12-18(2)25-20(15-29(3)23(25)13-17)16-30-21-10-7-11-28-26(21)31(27(30)34)22(14-24(32)33)19-8-5-4-6-9-19/h4-13,15,22H,14,16H2,1-3H3,(H,32,33). The van der Waals surface area contributed by atoms with Gasteiger partial charge in [0.2, 0.25) is 0 Å². The first kappa shape index (κ1) is 21.7. The van der Waals surface area contributed by atoms with Crippen molar-refractivity contribution >= 4 is 28.0 Å². The minimum Gasteiger partial charge on any atom is -0.481 e. The van der Waals surface area contributed by atoms with Gasteiger partial charge in [0.05, 0.1) is 24.5 Å². The summed E-state index contributed by atoms with van der Waals surface area (Å²) in [5.41, 5.74) is 6.16. The largest absolute Gasteiger partial charge is 0.481 e. The molecule has 0 saturated carbocycles. The minimum atomic E-state index is -0.974. The number of benzene rings is 2. The molecule has 1 unspecified atom stereocenters. The number of nitrogens with zero attached hydrogens (tertiary/aromatic N) is 4. The Morgan fingerprint density at radius 3 is 2.56 bits per heavy atom. The summed E-state index contributed by atoms with van der Waals surface area (Å²) in [5.74, 6) is -0.974. The van der Waals surface area contributed by atoms with E-state index in [1.165, 1.54) is 10.1 Å². The van der Waals surface area contributed by atoms with Crippen LogP contribution in [0.2, 0.25) is 0 Å². The summed E-state index contributed by atoms with van der Waals surface area (Å²) < 4.78 is 5.32. The van der Waals surface area contributed by atoms with Gasteiger partial charge in [-0.15, -0.1) is 0 Å². The van der Waals surface area contributed by atoms with Crippen molar-refractivity contribution in [2.24, 2.45) is 7.05 Å². The average Bonchev–Trinajstić information content (AvgIpc) is 3.27. The molecule has 0 bridgehead atoms. The van der Waals surface area contributed by atoms with E-state index in [0.717, 1.165) is 27.6 Å². The number of hydrogen-bond donors (Lipinski definition) is 1. The van der Waals surface area contributed by atoms with Crippen LogP contribution in [0.1, 0.15) is 34.7 Å². The number of hydrogen-bond acceptors (Lipinski definition) is 3. The zero-order valence-electron chi connectivity index (χ0n) is 19.4. The fraction of sp³-hybridized carbons (Fsp3) is 0.222. The third-order valence-corrected chi connectivity index (χ3v) is 6.42. The number of pyridine rings is 1. The Morgan fingerprint density at radius 1 is 1.06 bits per heavy atom. The number of carboxylic acids is 1. The first-order chi connectivity index (χ1) is 16.3. The van der Waals surface area contributed by atoms with Crippen molar-refractivity contribution in [1.82, 2.24) is 18.7 Å². The molecule has 2 aromatic carbocycles. The van der Waals surface area contributed by atoms with Gasteiger partial charge in [0.1, 0.15) is 0 Å². The van der Waals surface area contributed by atoms with Crippen molar-refractivity contribution < 1.29 is 9.90 Å². The van der Waals surface area contributed by atoms with Crippen LogP contribution in [0.15, 0.2) is 71.8 Å².